The van der Waals surface area contributed by atoms with E-state index in [4.69, 9.17) is 10.3 Å². The van der Waals surface area contributed by atoms with Crippen molar-refractivity contribution < 1.29 is 4.52 Å². The highest BCUT2D eigenvalue weighted by Gasteiger charge is 2.00. The fraction of sp³-hybridized carbons (Fsp3) is 0.667. The minimum atomic E-state index is 0.621. The van der Waals surface area contributed by atoms with Gasteiger partial charge >= 0.3 is 0 Å². The van der Waals surface area contributed by atoms with E-state index < -0.39 is 0 Å². The molecule has 0 saturated heterocycles. The van der Waals surface area contributed by atoms with Crippen molar-refractivity contribution in [1.29, 1.82) is 0 Å². The topological polar surface area (TPSA) is 77.3 Å². The Bertz CT molecular complexity index is 302. The second-order valence-corrected chi connectivity index (χ2v) is 3.21. The van der Waals surface area contributed by atoms with E-state index in [9.17, 15) is 0 Å². The summed E-state index contributed by atoms with van der Waals surface area (Å²) < 4.78 is 4.85. The van der Waals surface area contributed by atoms with E-state index in [0.717, 1.165) is 31.6 Å². The summed E-state index contributed by atoms with van der Waals surface area (Å²) in [5.41, 5.74) is 5.40. The van der Waals surface area contributed by atoms with Gasteiger partial charge in [0.1, 0.15) is 0 Å². The molecule has 0 fully saturated rings. The molecule has 1 aromatic rings. The first-order valence-corrected chi connectivity index (χ1v) is 4.74. The number of aromatic nitrogens is 2. The smallest absolute Gasteiger partial charge is 0.223 e. The van der Waals surface area contributed by atoms with E-state index in [1.165, 1.54) is 0 Å². The predicted octanol–water partition coefficient (Wildman–Crippen LogP) is 1.08. The summed E-state index contributed by atoms with van der Waals surface area (Å²) in [5.74, 6) is 2.03. The summed E-state index contributed by atoms with van der Waals surface area (Å²) in [5, 5.41) is 3.80. The number of nitrogens with zero attached hydrogens (tertiary/aromatic N) is 3. The summed E-state index contributed by atoms with van der Waals surface area (Å²) in [6.45, 7) is 4.36. The number of unbranched alkanes of at least 4 members (excludes halogenated alkanes) is 1. The SMILES string of the molecule is CC(N)=NCCCCc1noc(C)n1. The largest absolute Gasteiger partial charge is 0.388 e. The molecular formula is C9H16N4O. The van der Waals surface area contributed by atoms with Crippen LogP contribution in [-0.2, 0) is 6.42 Å². The van der Waals surface area contributed by atoms with Crippen molar-refractivity contribution >= 4 is 5.84 Å². The second kappa shape index (κ2) is 5.36. The van der Waals surface area contributed by atoms with Crippen LogP contribution < -0.4 is 5.73 Å². The molecule has 0 unspecified atom stereocenters. The molecule has 0 aliphatic rings. The van der Waals surface area contributed by atoms with Crippen LogP contribution in [0.3, 0.4) is 0 Å². The Morgan fingerprint density at radius 3 is 2.86 bits per heavy atom. The Kier molecular flexibility index (Phi) is 4.10. The van der Waals surface area contributed by atoms with Crippen molar-refractivity contribution in [2.24, 2.45) is 10.7 Å². The number of hydrogen-bond acceptors (Lipinski definition) is 4. The summed E-state index contributed by atoms with van der Waals surface area (Å²) in [7, 11) is 0. The Labute approximate surface area is 83.4 Å². The molecule has 0 bridgehead atoms. The molecule has 14 heavy (non-hydrogen) atoms. The normalized spacial score (nSPS) is 12.0. The first-order valence-electron chi connectivity index (χ1n) is 4.74. The fourth-order valence-electron chi connectivity index (χ4n) is 1.09. The van der Waals surface area contributed by atoms with E-state index in [1.807, 2.05) is 0 Å². The zero-order valence-corrected chi connectivity index (χ0v) is 8.66. The quantitative estimate of drug-likeness (QED) is 0.434. The first kappa shape index (κ1) is 10.7. The fourth-order valence-corrected chi connectivity index (χ4v) is 1.09. The molecule has 78 valence electrons. The molecule has 5 heteroatoms. The molecule has 0 spiro atoms. The first-order chi connectivity index (χ1) is 6.68. The van der Waals surface area contributed by atoms with Crippen molar-refractivity contribution in [3.8, 4) is 0 Å². The third-order valence-corrected chi connectivity index (χ3v) is 1.74. The van der Waals surface area contributed by atoms with Crippen LogP contribution in [0.25, 0.3) is 0 Å². The standard InChI is InChI=1S/C9H16N4O/c1-7(10)11-6-4-3-5-9-12-8(2)14-13-9/h3-6H2,1-2H3,(H2,10,11). The van der Waals surface area contributed by atoms with E-state index >= 15 is 0 Å². The maximum atomic E-state index is 5.40. The van der Waals surface area contributed by atoms with Gasteiger partial charge in [-0.3, -0.25) is 4.99 Å². The van der Waals surface area contributed by atoms with E-state index in [2.05, 4.69) is 15.1 Å². The van der Waals surface area contributed by atoms with Gasteiger partial charge in [0.15, 0.2) is 5.82 Å². The van der Waals surface area contributed by atoms with Crippen LogP contribution >= 0.6 is 0 Å². The average Bonchev–Trinajstić information content (AvgIpc) is 2.50. The molecule has 0 amide bonds. The van der Waals surface area contributed by atoms with Crippen LogP contribution in [0.2, 0.25) is 0 Å². The molecule has 1 aromatic heterocycles. The monoisotopic (exact) mass is 196 g/mol. The van der Waals surface area contributed by atoms with Crippen LogP contribution in [-0.4, -0.2) is 22.5 Å². The van der Waals surface area contributed by atoms with Crippen LogP contribution in [0.1, 0.15) is 31.5 Å². The molecule has 0 aliphatic heterocycles. The zero-order valence-electron chi connectivity index (χ0n) is 8.66. The average molecular weight is 196 g/mol. The molecular weight excluding hydrogens is 180 g/mol. The predicted molar refractivity (Wildman–Crippen MR) is 54.1 cm³/mol. The molecule has 0 radical (unpaired) electrons. The summed E-state index contributed by atoms with van der Waals surface area (Å²) >= 11 is 0. The molecule has 2 N–H and O–H groups in total. The van der Waals surface area contributed by atoms with Gasteiger partial charge in [-0.1, -0.05) is 5.16 Å². The second-order valence-electron chi connectivity index (χ2n) is 3.21. The number of rotatable bonds is 5. The van der Waals surface area contributed by atoms with E-state index in [-0.39, 0.29) is 0 Å². The van der Waals surface area contributed by atoms with Crippen molar-refractivity contribution in [3.63, 3.8) is 0 Å². The number of nitrogens with two attached hydrogens (primary N) is 1. The van der Waals surface area contributed by atoms with Crippen LogP contribution in [0.5, 0.6) is 0 Å². The molecule has 0 atom stereocenters. The third-order valence-electron chi connectivity index (χ3n) is 1.74. The van der Waals surface area contributed by atoms with Gasteiger partial charge in [0.25, 0.3) is 0 Å². The third kappa shape index (κ3) is 4.02. The number of aliphatic imine (C=N–C) groups is 1. The lowest BCUT2D eigenvalue weighted by molar-refractivity contribution is 0.386. The molecule has 5 nitrogen and oxygen atoms in total. The van der Waals surface area contributed by atoms with E-state index in [1.54, 1.807) is 13.8 Å². The Hall–Kier alpha value is -1.39. The van der Waals surface area contributed by atoms with Crippen molar-refractivity contribution in [3.05, 3.63) is 11.7 Å². The van der Waals surface area contributed by atoms with Gasteiger partial charge in [0, 0.05) is 19.9 Å². The molecule has 1 rings (SSSR count). The molecule has 0 aromatic carbocycles. The zero-order chi connectivity index (χ0) is 10.4. The lowest BCUT2D eigenvalue weighted by atomic mass is 10.2. The number of amidine groups is 1. The van der Waals surface area contributed by atoms with Gasteiger partial charge in [-0.2, -0.15) is 4.98 Å². The van der Waals surface area contributed by atoms with Crippen molar-refractivity contribution in [2.45, 2.75) is 33.1 Å². The lowest BCUT2D eigenvalue weighted by Crippen LogP contribution is -2.06. The summed E-state index contributed by atoms with van der Waals surface area (Å²) in [4.78, 5) is 8.20. The van der Waals surface area contributed by atoms with Crippen molar-refractivity contribution in [2.75, 3.05) is 6.54 Å². The van der Waals surface area contributed by atoms with E-state index in [0.29, 0.717) is 11.7 Å². The van der Waals surface area contributed by atoms with Crippen molar-refractivity contribution in [1.82, 2.24) is 10.1 Å². The highest BCUT2D eigenvalue weighted by atomic mass is 16.5. The minimum absolute atomic E-state index is 0.621. The summed E-state index contributed by atoms with van der Waals surface area (Å²) in [6, 6.07) is 0. The lowest BCUT2D eigenvalue weighted by Gasteiger charge is -1.94. The number of hydrogen-bond donors (Lipinski definition) is 1. The maximum Gasteiger partial charge on any atom is 0.223 e. The van der Waals surface area contributed by atoms with Gasteiger partial charge in [-0.05, 0) is 19.8 Å². The van der Waals surface area contributed by atoms with Gasteiger partial charge in [0.05, 0.1) is 5.84 Å². The Balaban J connectivity index is 2.13. The van der Waals surface area contributed by atoms with Gasteiger partial charge in [-0.25, -0.2) is 0 Å². The highest BCUT2D eigenvalue weighted by Crippen LogP contribution is 2.01. The van der Waals surface area contributed by atoms with Crippen LogP contribution in [0, 0.1) is 6.92 Å². The van der Waals surface area contributed by atoms with Gasteiger partial charge in [0.2, 0.25) is 5.89 Å². The van der Waals surface area contributed by atoms with Gasteiger partial charge in [-0.15, -0.1) is 0 Å². The maximum absolute atomic E-state index is 5.40. The molecule has 0 aliphatic carbocycles. The molecule has 1 heterocycles. The Morgan fingerprint density at radius 1 is 1.50 bits per heavy atom. The highest BCUT2D eigenvalue weighted by molar-refractivity contribution is 5.77. The van der Waals surface area contributed by atoms with Crippen LogP contribution in [0.15, 0.2) is 9.52 Å². The Morgan fingerprint density at radius 2 is 2.29 bits per heavy atom. The van der Waals surface area contributed by atoms with Gasteiger partial charge < -0.3 is 10.3 Å². The molecule has 0 saturated carbocycles. The summed E-state index contributed by atoms with van der Waals surface area (Å²) in [6.07, 6.45) is 2.86. The van der Waals surface area contributed by atoms with Crippen LogP contribution in [0.4, 0.5) is 0 Å². The number of aryl methyl sites for hydroxylation is 2. The minimum Gasteiger partial charge on any atom is -0.388 e.